The number of hydrogen-bond donors (Lipinski definition) is 1. The first kappa shape index (κ1) is 22.4. The Morgan fingerprint density at radius 2 is 1.65 bits per heavy atom. The zero-order valence-corrected chi connectivity index (χ0v) is 18.8. The molecule has 0 saturated heterocycles. The van der Waals surface area contributed by atoms with Crippen LogP contribution in [0.5, 0.6) is 5.75 Å². The van der Waals surface area contributed by atoms with E-state index in [9.17, 15) is 13.2 Å². The van der Waals surface area contributed by atoms with Crippen molar-refractivity contribution in [2.24, 2.45) is 0 Å². The maximum Gasteiger partial charge on any atom is 0.264 e. The predicted octanol–water partition coefficient (Wildman–Crippen LogP) is 4.32. The van der Waals surface area contributed by atoms with Crippen molar-refractivity contribution in [3.05, 3.63) is 89.5 Å². The summed E-state index contributed by atoms with van der Waals surface area (Å²) >= 11 is 0. The predicted molar refractivity (Wildman–Crippen MR) is 122 cm³/mol. The Bertz CT molecular complexity index is 1160. The number of carbonyl (C=O) groups is 1. The summed E-state index contributed by atoms with van der Waals surface area (Å²) in [5.41, 5.74) is 2.70. The van der Waals surface area contributed by atoms with E-state index in [1.165, 1.54) is 11.4 Å². The first-order chi connectivity index (χ1) is 14.7. The minimum Gasteiger partial charge on any atom is -0.497 e. The number of methoxy groups -OCH3 is 1. The van der Waals surface area contributed by atoms with E-state index in [1.807, 2.05) is 38.1 Å². The summed E-state index contributed by atoms with van der Waals surface area (Å²) in [5.74, 6) is 0.458. The number of benzene rings is 3. The summed E-state index contributed by atoms with van der Waals surface area (Å²) in [5, 5.41) is 2.95. The van der Waals surface area contributed by atoms with Crippen molar-refractivity contribution in [2.75, 3.05) is 18.5 Å². The van der Waals surface area contributed by atoms with Gasteiger partial charge in [0.2, 0.25) is 0 Å². The van der Waals surface area contributed by atoms with Crippen LogP contribution in [0.1, 0.15) is 34.5 Å². The van der Waals surface area contributed by atoms with E-state index in [2.05, 4.69) is 5.32 Å². The average Bonchev–Trinajstić information content (AvgIpc) is 2.78. The van der Waals surface area contributed by atoms with Crippen LogP contribution in [0.15, 0.2) is 77.7 Å². The highest BCUT2D eigenvalue weighted by Gasteiger charge is 2.22. The lowest BCUT2D eigenvalue weighted by Crippen LogP contribution is -2.28. The molecule has 3 aromatic carbocycles. The third kappa shape index (κ3) is 5.06. The van der Waals surface area contributed by atoms with Gasteiger partial charge in [-0.3, -0.25) is 9.10 Å². The minimum atomic E-state index is -3.73. The average molecular weight is 439 g/mol. The Kier molecular flexibility index (Phi) is 6.65. The van der Waals surface area contributed by atoms with Gasteiger partial charge >= 0.3 is 0 Å². The smallest absolute Gasteiger partial charge is 0.264 e. The van der Waals surface area contributed by atoms with E-state index in [0.717, 1.165) is 16.9 Å². The van der Waals surface area contributed by atoms with Gasteiger partial charge in [0.25, 0.3) is 15.9 Å². The van der Waals surface area contributed by atoms with E-state index in [0.29, 0.717) is 11.3 Å². The molecule has 6 nitrogen and oxygen atoms in total. The largest absolute Gasteiger partial charge is 0.497 e. The Hall–Kier alpha value is -3.32. The fraction of sp³-hybridized carbons (Fsp3) is 0.208. The molecule has 0 aliphatic rings. The second-order valence-corrected chi connectivity index (χ2v) is 9.27. The van der Waals surface area contributed by atoms with Crippen LogP contribution in [0.3, 0.4) is 0 Å². The molecule has 0 heterocycles. The van der Waals surface area contributed by atoms with Crippen molar-refractivity contribution in [3.8, 4) is 5.75 Å². The molecule has 3 aromatic rings. The maximum absolute atomic E-state index is 13.0. The molecule has 31 heavy (non-hydrogen) atoms. The van der Waals surface area contributed by atoms with Gasteiger partial charge in [-0.25, -0.2) is 8.42 Å². The van der Waals surface area contributed by atoms with Gasteiger partial charge in [-0.15, -0.1) is 0 Å². The van der Waals surface area contributed by atoms with Crippen LogP contribution in [0, 0.1) is 6.92 Å². The second-order valence-electron chi connectivity index (χ2n) is 7.30. The molecule has 0 radical (unpaired) electrons. The van der Waals surface area contributed by atoms with E-state index < -0.39 is 10.0 Å². The molecule has 0 saturated carbocycles. The number of aryl methyl sites for hydroxylation is 1. The zero-order chi connectivity index (χ0) is 22.6. The molecule has 0 unspecified atom stereocenters. The van der Waals surface area contributed by atoms with Gasteiger partial charge in [0.1, 0.15) is 5.75 Å². The number of ether oxygens (including phenoxy) is 1. The van der Waals surface area contributed by atoms with Crippen molar-refractivity contribution in [2.45, 2.75) is 24.8 Å². The van der Waals surface area contributed by atoms with Crippen LogP contribution in [-0.4, -0.2) is 28.5 Å². The van der Waals surface area contributed by atoms with Crippen molar-refractivity contribution in [3.63, 3.8) is 0 Å². The fourth-order valence-corrected chi connectivity index (χ4v) is 4.29. The lowest BCUT2D eigenvalue weighted by molar-refractivity contribution is 0.0940. The van der Waals surface area contributed by atoms with Crippen molar-refractivity contribution in [1.29, 1.82) is 0 Å². The summed E-state index contributed by atoms with van der Waals surface area (Å²) in [6.07, 6.45) is 0. The molecular formula is C24H26N2O4S. The van der Waals surface area contributed by atoms with E-state index in [4.69, 9.17) is 4.74 Å². The number of carbonyl (C=O) groups excluding carboxylic acids is 1. The Balaban J connectivity index is 1.78. The van der Waals surface area contributed by atoms with Crippen LogP contribution >= 0.6 is 0 Å². The summed E-state index contributed by atoms with van der Waals surface area (Å²) < 4.78 is 32.3. The molecule has 0 aliphatic carbocycles. The van der Waals surface area contributed by atoms with Gasteiger partial charge in [0.15, 0.2) is 0 Å². The zero-order valence-electron chi connectivity index (χ0n) is 18.0. The van der Waals surface area contributed by atoms with Crippen molar-refractivity contribution in [1.82, 2.24) is 5.32 Å². The first-order valence-electron chi connectivity index (χ1n) is 9.83. The molecule has 1 amide bonds. The molecule has 1 N–H and O–H groups in total. The van der Waals surface area contributed by atoms with Crippen LogP contribution in [0.2, 0.25) is 0 Å². The Morgan fingerprint density at radius 1 is 1.00 bits per heavy atom. The minimum absolute atomic E-state index is 0.198. The fourth-order valence-electron chi connectivity index (χ4n) is 3.11. The molecule has 0 spiro atoms. The molecule has 0 aromatic heterocycles. The first-order valence-corrected chi connectivity index (χ1v) is 11.3. The van der Waals surface area contributed by atoms with E-state index >= 15 is 0 Å². The summed E-state index contributed by atoms with van der Waals surface area (Å²) in [4.78, 5) is 13.0. The quantitative estimate of drug-likeness (QED) is 0.596. The summed E-state index contributed by atoms with van der Waals surface area (Å²) in [6, 6.07) is 20.5. The number of anilines is 1. The van der Waals surface area contributed by atoms with E-state index in [-0.39, 0.29) is 16.8 Å². The number of sulfonamides is 1. The van der Waals surface area contributed by atoms with Gasteiger partial charge in [-0.1, -0.05) is 35.9 Å². The SMILES string of the molecule is COc1ccc([C@H](C)NC(=O)c2cccc(N(C)S(=O)(=O)c3ccc(C)cc3)c2)cc1. The van der Waals surface area contributed by atoms with Crippen LogP contribution in [-0.2, 0) is 10.0 Å². The van der Waals surface area contributed by atoms with Crippen molar-refractivity contribution < 1.29 is 17.9 Å². The Morgan fingerprint density at radius 3 is 2.26 bits per heavy atom. The van der Waals surface area contributed by atoms with Crippen molar-refractivity contribution >= 4 is 21.6 Å². The third-order valence-electron chi connectivity index (χ3n) is 5.11. The normalized spacial score (nSPS) is 12.1. The highest BCUT2D eigenvalue weighted by molar-refractivity contribution is 7.92. The lowest BCUT2D eigenvalue weighted by atomic mass is 10.1. The number of nitrogens with zero attached hydrogens (tertiary/aromatic N) is 1. The number of hydrogen-bond acceptors (Lipinski definition) is 4. The van der Waals surface area contributed by atoms with Gasteiger partial charge in [-0.05, 0) is 61.9 Å². The molecule has 7 heteroatoms. The summed E-state index contributed by atoms with van der Waals surface area (Å²) in [7, 11) is -0.655. The molecule has 3 rings (SSSR count). The highest BCUT2D eigenvalue weighted by Crippen LogP contribution is 2.24. The molecule has 0 fully saturated rings. The summed E-state index contributed by atoms with van der Waals surface area (Å²) in [6.45, 7) is 3.78. The molecule has 1 atom stereocenters. The number of nitrogens with one attached hydrogen (secondary N) is 1. The van der Waals surface area contributed by atoms with E-state index in [1.54, 1.807) is 55.6 Å². The number of rotatable bonds is 7. The van der Waals surface area contributed by atoms with Crippen LogP contribution < -0.4 is 14.4 Å². The standard InChI is InChI=1S/C24H26N2O4S/c1-17-8-14-23(15-9-17)31(28,29)26(3)21-7-5-6-20(16-21)24(27)25-18(2)19-10-12-22(30-4)13-11-19/h5-16,18H,1-4H3,(H,25,27)/t18-/m0/s1. The molecule has 162 valence electrons. The van der Waals surface area contributed by atoms with Gasteiger partial charge < -0.3 is 10.1 Å². The monoisotopic (exact) mass is 438 g/mol. The second kappa shape index (κ2) is 9.22. The Labute approximate surface area is 183 Å². The topological polar surface area (TPSA) is 75.7 Å². The highest BCUT2D eigenvalue weighted by atomic mass is 32.2. The maximum atomic E-state index is 13.0. The molecular weight excluding hydrogens is 412 g/mol. The third-order valence-corrected chi connectivity index (χ3v) is 6.91. The van der Waals surface area contributed by atoms with Gasteiger partial charge in [0.05, 0.1) is 23.7 Å². The molecule has 0 aliphatic heterocycles. The van der Waals surface area contributed by atoms with Gasteiger partial charge in [0, 0.05) is 12.6 Å². The van der Waals surface area contributed by atoms with Crippen LogP contribution in [0.25, 0.3) is 0 Å². The van der Waals surface area contributed by atoms with Crippen LogP contribution in [0.4, 0.5) is 5.69 Å². The molecule has 0 bridgehead atoms. The number of amides is 1. The lowest BCUT2D eigenvalue weighted by Gasteiger charge is -2.21. The van der Waals surface area contributed by atoms with Gasteiger partial charge in [-0.2, -0.15) is 0 Å².